The average Bonchev–Trinajstić information content (AvgIpc) is 2.41. The van der Waals surface area contributed by atoms with E-state index in [1.807, 2.05) is 6.07 Å². The van der Waals surface area contributed by atoms with Crippen LogP contribution in [0.4, 0.5) is 0 Å². The van der Waals surface area contributed by atoms with Crippen molar-refractivity contribution in [2.24, 2.45) is 0 Å². The lowest BCUT2D eigenvalue weighted by Crippen LogP contribution is -2.40. The Bertz CT molecular complexity index is 341. The predicted molar refractivity (Wildman–Crippen MR) is 70.0 cm³/mol. The van der Waals surface area contributed by atoms with Gasteiger partial charge in [0.2, 0.25) is 0 Å². The molecule has 1 saturated heterocycles. The molecule has 0 bridgehead atoms. The van der Waals surface area contributed by atoms with Crippen molar-refractivity contribution in [3.8, 4) is 0 Å². The fraction of sp³-hybridized carbons (Fsp3) is 0.533. The molecule has 1 aliphatic rings. The molecule has 0 radical (unpaired) electrons. The van der Waals surface area contributed by atoms with Gasteiger partial charge in [-0.25, -0.2) is 0 Å². The molecule has 0 spiro atoms. The van der Waals surface area contributed by atoms with Gasteiger partial charge in [-0.2, -0.15) is 0 Å². The number of hydrogen-bond acceptors (Lipinski definition) is 2. The lowest BCUT2D eigenvalue weighted by Gasteiger charge is -2.22. The maximum Gasteiger partial charge on any atom is 0.149 e. The molecule has 1 aromatic rings. The highest BCUT2D eigenvalue weighted by atomic mass is 16.1. The minimum absolute atomic E-state index is 0.138. The van der Waals surface area contributed by atoms with Crippen LogP contribution in [-0.4, -0.2) is 18.4 Å². The smallest absolute Gasteiger partial charge is 0.149 e. The van der Waals surface area contributed by atoms with Gasteiger partial charge in [-0.15, -0.1) is 0 Å². The zero-order valence-corrected chi connectivity index (χ0v) is 10.3. The first-order valence-electron chi connectivity index (χ1n) is 6.66. The van der Waals surface area contributed by atoms with Crippen LogP contribution in [0.3, 0.4) is 0 Å². The Morgan fingerprint density at radius 2 is 2.06 bits per heavy atom. The van der Waals surface area contributed by atoms with Gasteiger partial charge in [0.1, 0.15) is 5.78 Å². The van der Waals surface area contributed by atoms with Gasteiger partial charge in [-0.3, -0.25) is 4.79 Å². The van der Waals surface area contributed by atoms with Gasteiger partial charge in [-0.05, 0) is 37.8 Å². The Balaban J connectivity index is 1.69. The fourth-order valence-corrected chi connectivity index (χ4v) is 2.41. The number of ketones is 1. The van der Waals surface area contributed by atoms with Crippen LogP contribution in [0.2, 0.25) is 0 Å². The summed E-state index contributed by atoms with van der Waals surface area (Å²) in [5.74, 6) is 0.403. The molecule has 1 N–H and O–H groups in total. The van der Waals surface area contributed by atoms with Crippen LogP contribution < -0.4 is 5.32 Å². The van der Waals surface area contributed by atoms with Gasteiger partial charge in [0.15, 0.2) is 0 Å². The third-order valence-electron chi connectivity index (χ3n) is 3.43. The Morgan fingerprint density at radius 1 is 1.24 bits per heavy atom. The number of aryl methyl sites for hydroxylation is 1. The van der Waals surface area contributed by atoms with E-state index in [0.29, 0.717) is 12.2 Å². The molecular weight excluding hydrogens is 210 g/mol. The van der Waals surface area contributed by atoms with Crippen molar-refractivity contribution in [2.45, 2.75) is 44.6 Å². The van der Waals surface area contributed by atoms with Crippen LogP contribution in [0, 0.1) is 0 Å². The van der Waals surface area contributed by atoms with Crippen molar-refractivity contribution in [3.63, 3.8) is 0 Å². The normalized spacial score (nSPS) is 20.1. The average molecular weight is 231 g/mol. The van der Waals surface area contributed by atoms with Crippen molar-refractivity contribution in [3.05, 3.63) is 35.9 Å². The van der Waals surface area contributed by atoms with Crippen molar-refractivity contribution in [2.75, 3.05) is 6.54 Å². The lowest BCUT2D eigenvalue weighted by atomic mass is 9.97. The molecule has 2 nitrogen and oxygen atoms in total. The van der Waals surface area contributed by atoms with Gasteiger partial charge in [-0.1, -0.05) is 36.8 Å². The molecule has 2 rings (SSSR count). The third-order valence-corrected chi connectivity index (χ3v) is 3.43. The van der Waals surface area contributed by atoms with Gasteiger partial charge in [0, 0.05) is 6.42 Å². The van der Waals surface area contributed by atoms with Crippen LogP contribution in [0.1, 0.15) is 37.7 Å². The molecule has 17 heavy (non-hydrogen) atoms. The summed E-state index contributed by atoms with van der Waals surface area (Å²) >= 11 is 0. The van der Waals surface area contributed by atoms with E-state index in [1.165, 1.54) is 18.4 Å². The zero-order chi connectivity index (χ0) is 11.9. The first-order chi connectivity index (χ1) is 8.36. The van der Waals surface area contributed by atoms with Gasteiger partial charge < -0.3 is 5.32 Å². The Kier molecular flexibility index (Phi) is 4.75. The van der Waals surface area contributed by atoms with E-state index in [0.717, 1.165) is 25.8 Å². The summed E-state index contributed by atoms with van der Waals surface area (Å²) < 4.78 is 0. The highest BCUT2D eigenvalue weighted by molar-refractivity contribution is 5.84. The fourth-order valence-electron chi connectivity index (χ4n) is 2.41. The predicted octanol–water partition coefficient (Wildman–Crippen LogP) is 2.72. The van der Waals surface area contributed by atoms with Gasteiger partial charge in [0.25, 0.3) is 0 Å². The number of Topliss-reactive ketones (excluding diaryl/α,β-unsaturated/α-hetero) is 1. The minimum atomic E-state index is 0.138. The molecule has 1 atom stereocenters. The van der Waals surface area contributed by atoms with Crippen LogP contribution in [-0.2, 0) is 11.2 Å². The summed E-state index contributed by atoms with van der Waals surface area (Å²) in [6.45, 7) is 1.01. The number of carbonyl (C=O) groups is 1. The Hall–Kier alpha value is -1.15. The summed E-state index contributed by atoms with van der Waals surface area (Å²) in [5, 5.41) is 3.32. The molecule has 2 heteroatoms. The monoisotopic (exact) mass is 231 g/mol. The quantitative estimate of drug-likeness (QED) is 0.844. The Morgan fingerprint density at radius 3 is 2.76 bits per heavy atom. The molecule has 0 amide bonds. The van der Waals surface area contributed by atoms with Crippen molar-refractivity contribution in [1.82, 2.24) is 5.32 Å². The topological polar surface area (TPSA) is 29.1 Å². The summed E-state index contributed by atoms with van der Waals surface area (Å²) in [6, 6.07) is 10.5. The first kappa shape index (κ1) is 12.3. The number of piperidine rings is 1. The highest BCUT2D eigenvalue weighted by Gasteiger charge is 2.19. The Labute approximate surface area is 103 Å². The van der Waals surface area contributed by atoms with Crippen LogP contribution in [0.25, 0.3) is 0 Å². The highest BCUT2D eigenvalue weighted by Crippen LogP contribution is 2.11. The van der Waals surface area contributed by atoms with Crippen molar-refractivity contribution in [1.29, 1.82) is 0 Å². The molecule has 0 saturated carbocycles. The van der Waals surface area contributed by atoms with E-state index in [1.54, 1.807) is 0 Å². The van der Waals surface area contributed by atoms with Crippen LogP contribution in [0.5, 0.6) is 0 Å². The molecule has 1 fully saturated rings. The molecular formula is C15H21NO. The number of carbonyl (C=O) groups excluding carboxylic acids is 1. The van der Waals surface area contributed by atoms with E-state index >= 15 is 0 Å². The molecule has 0 aliphatic carbocycles. The number of benzene rings is 1. The van der Waals surface area contributed by atoms with E-state index < -0.39 is 0 Å². The largest absolute Gasteiger partial charge is 0.307 e. The molecule has 1 unspecified atom stereocenters. The SMILES string of the molecule is O=C(CCCc1ccccc1)C1CCCCN1. The first-order valence-corrected chi connectivity index (χ1v) is 6.66. The van der Waals surface area contributed by atoms with E-state index in [9.17, 15) is 4.79 Å². The van der Waals surface area contributed by atoms with E-state index in [-0.39, 0.29) is 6.04 Å². The number of hydrogen-bond donors (Lipinski definition) is 1. The maximum absolute atomic E-state index is 11.9. The summed E-state index contributed by atoms with van der Waals surface area (Å²) in [4.78, 5) is 11.9. The second-order valence-corrected chi connectivity index (χ2v) is 4.81. The zero-order valence-electron chi connectivity index (χ0n) is 10.3. The van der Waals surface area contributed by atoms with E-state index in [2.05, 4.69) is 29.6 Å². The standard InChI is InChI=1S/C15H21NO/c17-15(14-10-4-5-12-16-14)11-6-9-13-7-2-1-3-8-13/h1-3,7-8,14,16H,4-6,9-12H2. The van der Waals surface area contributed by atoms with Gasteiger partial charge in [0.05, 0.1) is 6.04 Å². The lowest BCUT2D eigenvalue weighted by molar-refractivity contribution is -0.121. The third kappa shape index (κ3) is 3.97. The van der Waals surface area contributed by atoms with Crippen LogP contribution >= 0.6 is 0 Å². The molecule has 1 heterocycles. The number of nitrogens with one attached hydrogen (secondary N) is 1. The summed E-state index contributed by atoms with van der Waals surface area (Å²) in [7, 11) is 0. The molecule has 1 aromatic carbocycles. The van der Waals surface area contributed by atoms with Gasteiger partial charge >= 0.3 is 0 Å². The second kappa shape index (κ2) is 6.55. The molecule has 0 aromatic heterocycles. The summed E-state index contributed by atoms with van der Waals surface area (Å²) in [6.07, 6.45) is 6.15. The number of rotatable bonds is 5. The molecule has 92 valence electrons. The minimum Gasteiger partial charge on any atom is -0.307 e. The van der Waals surface area contributed by atoms with E-state index in [4.69, 9.17) is 0 Å². The van der Waals surface area contributed by atoms with Crippen molar-refractivity contribution >= 4 is 5.78 Å². The second-order valence-electron chi connectivity index (χ2n) is 4.81. The van der Waals surface area contributed by atoms with Crippen molar-refractivity contribution < 1.29 is 4.79 Å². The molecule has 1 aliphatic heterocycles. The maximum atomic E-state index is 11.9. The van der Waals surface area contributed by atoms with Crippen LogP contribution in [0.15, 0.2) is 30.3 Å². The summed E-state index contributed by atoms with van der Waals surface area (Å²) in [5.41, 5.74) is 1.33.